The molecule has 0 radical (unpaired) electrons. The third-order valence-electron chi connectivity index (χ3n) is 7.92. The second-order valence-corrected chi connectivity index (χ2v) is 12.8. The lowest BCUT2D eigenvalue weighted by Crippen LogP contribution is -2.55. The first-order valence-electron chi connectivity index (χ1n) is 13.7. The van der Waals surface area contributed by atoms with Gasteiger partial charge in [0.15, 0.2) is 9.84 Å². The summed E-state index contributed by atoms with van der Waals surface area (Å²) in [6.45, 7) is 2.08. The molecule has 0 aliphatic carbocycles. The number of imide groups is 1. The van der Waals surface area contributed by atoms with Crippen LogP contribution in [0.5, 0.6) is 0 Å². The van der Waals surface area contributed by atoms with Gasteiger partial charge in [-0.15, -0.1) is 12.4 Å². The van der Waals surface area contributed by atoms with Gasteiger partial charge in [0, 0.05) is 31.5 Å². The molecule has 2 heterocycles. The fourth-order valence-corrected chi connectivity index (χ4v) is 6.12. The third kappa shape index (κ3) is 7.00. The lowest BCUT2D eigenvalue weighted by molar-refractivity contribution is -0.133. The molecule has 2 aliphatic heterocycles. The van der Waals surface area contributed by atoms with Crippen LogP contribution in [0.15, 0.2) is 89.8 Å². The minimum Gasteiger partial charge on any atom is -0.345 e. The van der Waals surface area contributed by atoms with Crippen LogP contribution in [-0.2, 0) is 21.2 Å². The monoisotopic (exact) mass is 610 g/mol. The zero-order valence-electron chi connectivity index (χ0n) is 23.4. The highest BCUT2D eigenvalue weighted by molar-refractivity contribution is 7.90. The summed E-state index contributed by atoms with van der Waals surface area (Å²) in [7, 11) is -3.33. The Morgan fingerprint density at radius 1 is 0.929 bits per heavy atom. The number of carbonyl (C=O) groups is 3. The van der Waals surface area contributed by atoms with Crippen molar-refractivity contribution in [3.8, 4) is 0 Å². The summed E-state index contributed by atoms with van der Waals surface area (Å²) < 4.78 is 23.5. The zero-order valence-corrected chi connectivity index (χ0v) is 25.0. The summed E-state index contributed by atoms with van der Waals surface area (Å²) in [5.74, 6) is -0.367. The van der Waals surface area contributed by atoms with E-state index in [1.54, 1.807) is 24.3 Å². The summed E-state index contributed by atoms with van der Waals surface area (Å²) in [5.41, 5.74) is 1.39. The predicted molar refractivity (Wildman–Crippen MR) is 162 cm³/mol. The summed E-state index contributed by atoms with van der Waals surface area (Å²) in [6, 6.07) is 24.7. The van der Waals surface area contributed by atoms with Gasteiger partial charge in [-0.25, -0.2) is 13.2 Å². The van der Waals surface area contributed by atoms with Gasteiger partial charge in [0.1, 0.15) is 5.54 Å². The Balaban J connectivity index is 0.00000405. The van der Waals surface area contributed by atoms with Gasteiger partial charge in [-0.1, -0.05) is 60.7 Å². The number of amides is 4. The molecule has 0 saturated carbocycles. The van der Waals surface area contributed by atoms with Crippen molar-refractivity contribution in [1.29, 1.82) is 0 Å². The van der Waals surface area contributed by atoms with E-state index in [4.69, 9.17) is 0 Å². The molecule has 42 heavy (non-hydrogen) atoms. The number of nitrogens with zero attached hydrogens (tertiary/aromatic N) is 2. The number of piperidine rings is 1. The van der Waals surface area contributed by atoms with Crippen LogP contribution in [-0.4, -0.2) is 67.5 Å². The summed E-state index contributed by atoms with van der Waals surface area (Å²) in [4.78, 5) is 42.8. The largest absolute Gasteiger partial charge is 0.345 e. The van der Waals surface area contributed by atoms with Gasteiger partial charge < -0.3 is 15.5 Å². The van der Waals surface area contributed by atoms with Crippen molar-refractivity contribution in [3.63, 3.8) is 0 Å². The number of likely N-dealkylation sites (tertiary alicyclic amines) is 1. The fourth-order valence-electron chi connectivity index (χ4n) is 5.49. The minimum atomic E-state index is -3.33. The van der Waals surface area contributed by atoms with Crippen LogP contribution in [0, 0.1) is 0 Å². The number of halogens is 1. The number of hydrogen-bond acceptors (Lipinski definition) is 6. The quantitative estimate of drug-likeness (QED) is 0.354. The van der Waals surface area contributed by atoms with Crippen molar-refractivity contribution >= 4 is 40.1 Å². The van der Waals surface area contributed by atoms with Crippen LogP contribution in [0.25, 0.3) is 0 Å². The molecule has 222 valence electrons. The van der Waals surface area contributed by atoms with Gasteiger partial charge in [0.25, 0.3) is 11.8 Å². The van der Waals surface area contributed by atoms with Crippen molar-refractivity contribution in [3.05, 3.63) is 102 Å². The molecule has 4 amide bonds. The molecular formula is C31H35ClN4O5S. The molecule has 2 N–H and O–H groups in total. The molecular weight excluding hydrogens is 576 g/mol. The Labute approximate surface area is 252 Å². The molecule has 11 heteroatoms. The number of sulfone groups is 1. The first kappa shape index (κ1) is 31.2. The predicted octanol–water partition coefficient (Wildman–Crippen LogP) is 3.96. The SMILES string of the molecule is CS(=O)(=O)c1ccc(CN2C(=O)NC3(CCN(CC[C@H](NC(=O)c4ccccc4)c4ccccc4)CC3)C2=O)cc1.Cl. The summed E-state index contributed by atoms with van der Waals surface area (Å²) in [6.07, 6.45) is 2.82. The normalized spacial score (nSPS) is 17.4. The number of hydrogen-bond donors (Lipinski definition) is 2. The molecule has 2 aliphatic rings. The van der Waals surface area contributed by atoms with Gasteiger partial charge in [-0.3, -0.25) is 14.5 Å². The first-order chi connectivity index (χ1) is 19.6. The molecule has 2 fully saturated rings. The van der Waals surface area contributed by atoms with Crippen LogP contribution in [0.3, 0.4) is 0 Å². The average molecular weight is 611 g/mol. The number of urea groups is 1. The molecule has 1 spiro atoms. The van der Waals surface area contributed by atoms with Crippen molar-refractivity contribution in [2.45, 2.75) is 42.3 Å². The lowest BCUT2D eigenvalue weighted by Gasteiger charge is -2.37. The van der Waals surface area contributed by atoms with Crippen molar-refractivity contribution < 1.29 is 22.8 Å². The van der Waals surface area contributed by atoms with Crippen LogP contribution in [0.4, 0.5) is 4.79 Å². The maximum absolute atomic E-state index is 13.4. The van der Waals surface area contributed by atoms with E-state index >= 15 is 0 Å². The van der Waals surface area contributed by atoms with Crippen molar-refractivity contribution in [2.75, 3.05) is 25.9 Å². The van der Waals surface area contributed by atoms with Crippen LogP contribution in [0.1, 0.15) is 46.8 Å². The van der Waals surface area contributed by atoms with Gasteiger partial charge in [-0.2, -0.15) is 0 Å². The van der Waals surface area contributed by atoms with Gasteiger partial charge >= 0.3 is 6.03 Å². The van der Waals surface area contributed by atoms with Gasteiger partial charge in [0.05, 0.1) is 17.5 Å². The van der Waals surface area contributed by atoms with E-state index in [1.165, 1.54) is 17.0 Å². The van der Waals surface area contributed by atoms with E-state index in [-0.39, 0.29) is 41.7 Å². The highest BCUT2D eigenvalue weighted by Crippen LogP contribution is 2.31. The smallest absolute Gasteiger partial charge is 0.325 e. The second kappa shape index (κ2) is 13.1. The van der Waals surface area contributed by atoms with Gasteiger partial charge in [0.2, 0.25) is 0 Å². The van der Waals surface area contributed by atoms with E-state index in [0.29, 0.717) is 43.5 Å². The number of rotatable bonds is 9. The Morgan fingerprint density at radius 2 is 1.52 bits per heavy atom. The molecule has 3 aromatic carbocycles. The Bertz CT molecular complexity index is 1510. The second-order valence-electron chi connectivity index (χ2n) is 10.8. The van der Waals surface area contributed by atoms with Crippen LogP contribution < -0.4 is 10.6 Å². The standard InChI is InChI=1S/C31H34N4O5S.ClH/c1-41(39,40)26-14-12-23(13-15-26)22-35-29(37)31(33-30(35)38)17-20-34(21-18-31)19-16-27(24-8-4-2-5-9-24)32-28(36)25-10-6-3-7-11-25;/h2-15,27H,16-22H2,1H3,(H,32,36)(H,33,38);1H/t27-;/m0./s1. The Morgan fingerprint density at radius 3 is 2.12 bits per heavy atom. The lowest BCUT2D eigenvalue weighted by atomic mass is 9.87. The maximum atomic E-state index is 13.4. The van der Waals surface area contributed by atoms with E-state index in [9.17, 15) is 22.8 Å². The topological polar surface area (TPSA) is 116 Å². The third-order valence-corrected chi connectivity index (χ3v) is 9.05. The van der Waals surface area contributed by atoms with Crippen LogP contribution in [0.2, 0.25) is 0 Å². The zero-order chi connectivity index (χ0) is 29.0. The number of carbonyl (C=O) groups excluding carboxylic acids is 3. The van der Waals surface area contributed by atoms with E-state index in [2.05, 4.69) is 15.5 Å². The Hall–Kier alpha value is -3.73. The first-order valence-corrected chi connectivity index (χ1v) is 15.6. The van der Waals surface area contributed by atoms with Gasteiger partial charge in [-0.05, 0) is 54.7 Å². The van der Waals surface area contributed by atoms with Crippen molar-refractivity contribution in [2.24, 2.45) is 0 Å². The maximum Gasteiger partial charge on any atom is 0.325 e. The van der Waals surface area contributed by atoms with E-state index < -0.39 is 21.4 Å². The molecule has 2 saturated heterocycles. The number of nitrogens with one attached hydrogen (secondary N) is 2. The average Bonchev–Trinajstić information content (AvgIpc) is 3.20. The molecule has 5 rings (SSSR count). The molecule has 3 aromatic rings. The van der Waals surface area contributed by atoms with Crippen molar-refractivity contribution in [1.82, 2.24) is 20.4 Å². The highest BCUT2D eigenvalue weighted by atomic mass is 35.5. The molecule has 0 aromatic heterocycles. The Kier molecular flexibility index (Phi) is 9.71. The minimum absolute atomic E-state index is 0. The molecule has 0 unspecified atom stereocenters. The summed E-state index contributed by atoms with van der Waals surface area (Å²) >= 11 is 0. The molecule has 0 bridgehead atoms. The number of benzene rings is 3. The van der Waals surface area contributed by atoms with E-state index in [0.717, 1.165) is 18.4 Å². The van der Waals surface area contributed by atoms with Crippen LogP contribution >= 0.6 is 12.4 Å². The molecule has 1 atom stereocenters. The van der Waals surface area contributed by atoms with E-state index in [1.807, 2.05) is 48.5 Å². The molecule has 9 nitrogen and oxygen atoms in total. The fraction of sp³-hybridized carbons (Fsp3) is 0.323. The highest BCUT2D eigenvalue weighted by Gasteiger charge is 2.52. The summed E-state index contributed by atoms with van der Waals surface area (Å²) in [5, 5.41) is 6.11.